The maximum absolute atomic E-state index is 11.9. The first-order valence-corrected chi connectivity index (χ1v) is 8.15. The molecule has 0 fully saturated rings. The molecule has 0 saturated heterocycles. The highest BCUT2D eigenvalue weighted by atomic mass is 16.6. The van der Waals surface area contributed by atoms with Gasteiger partial charge in [-0.25, -0.2) is 4.79 Å². The molecular formula is C20H19O7. The quantitative estimate of drug-likeness (QED) is 0.285. The molecule has 7 nitrogen and oxygen atoms in total. The van der Waals surface area contributed by atoms with Crippen LogP contribution in [0.4, 0.5) is 0 Å². The van der Waals surface area contributed by atoms with E-state index in [9.17, 15) is 19.5 Å². The minimum atomic E-state index is -1.59. The zero-order valence-electron chi connectivity index (χ0n) is 14.4. The first kappa shape index (κ1) is 20.3. The van der Waals surface area contributed by atoms with Gasteiger partial charge in [-0.2, -0.15) is 0 Å². The summed E-state index contributed by atoms with van der Waals surface area (Å²) in [6.45, 7) is 0.167. The van der Waals surface area contributed by atoms with Crippen molar-refractivity contribution in [3.05, 3.63) is 78.4 Å². The van der Waals surface area contributed by atoms with Crippen LogP contribution in [0.25, 0.3) is 0 Å². The standard InChI is InChI=1S/C20H19O7/c21-14-20(13-17(22)23,16-9-5-2-6-10-16)27-12-11-26-19(25)18(24)15-7-3-1-4-8-15/h1-10,14,21H,11-13H2,(H,22,23). The van der Waals surface area contributed by atoms with Crippen LogP contribution in [0.5, 0.6) is 0 Å². The molecule has 2 N–H and O–H groups in total. The summed E-state index contributed by atoms with van der Waals surface area (Å²) in [4.78, 5) is 34.9. The monoisotopic (exact) mass is 371 g/mol. The van der Waals surface area contributed by atoms with Crippen LogP contribution >= 0.6 is 0 Å². The lowest BCUT2D eigenvalue weighted by atomic mass is 9.91. The minimum Gasteiger partial charge on any atom is -0.481 e. The van der Waals surface area contributed by atoms with Crippen molar-refractivity contribution in [1.82, 2.24) is 0 Å². The lowest BCUT2D eigenvalue weighted by molar-refractivity contribution is -0.152. The summed E-state index contributed by atoms with van der Waals surface area (Å²) in [7, 11) is 0. The van der Waals surface area contributed by atoms with E-state index in [1.807, 2.05) is 0 Å². The number of aliphatic carboxylic acids is 1. The normalized spacial score (nSPS) is 12.8. The predicted octanol–water partition coefficient (Wildman–Crippen LogP) is 2.33. The van der Waals surface area contributed by atoms with E-state index in [0.29, 0.717) is 12.2 Å². The van der Waals surface area contributed by atoms with Crippen molar-refractivity contribution >= 4 is 17.7 Å². The first-order chi connectivity index (χ1) is 13.0. The molecule has 2 rings (SSSR count). The van der Waals surface area contributed by atoms with E-state index in [1.165, 1.54) is 12.1 Å². The third kappa shape index (κ3) is 5.47. The van der Waals surface area contributed by atoms with Crippen LogP contribution in [-0.4, -0.2) is 41.1 Å². The number of ketones is 1. The maximum atomic E-state index is 11.9. The molecule has 0 spiro atoms. The number of ether oxygens (including phenoxy) is 2. The maximum Gasteiger partial charge on any atom is 0.379 e. The highest BCUT2D eigenvalue weighted by Gasteiger charge is 2.36. The molecule has 2 aromatic carbocycles. The summed E-state index contributed by atoms with van der Waals surface area (Å²) in [5.41, 5.74) is -0.957. The molecule has 1 atom stereocenters. The molecule has 0 aliphatic carbocycles. The summed E-state index contributed by atoms with van der Waals surface area (Å²) in [5, 5.41) is 18.8. The van der Waals surface area contributed by atoms with Crippen molar-refractivity contribution < 1.29 is 34.1 Å². The second-order valence-electron chi connectivity index (χ2n) is 5.63. The Bertz CT molecular complexity index is 773. The zero-order valence-corrected chi connectivity index (χ0v) is 14.4. The van der Waals surface area contributed by atoms with E-state index in [2.05, 4.69) is 0 Å². The topological polar surface area (TPSA) is 110 Å². The van der Waals surface area contributed by atoms with Gasteiger partial charge in [0, 0.05) is 5.56 Å². The number of carboxylic acids is 1. The van der Waals surface area contributed by atoms with Gasteiger partial charge < -0.3 is 19.7 Å². The number of esters is 1. The highest BCUT2D eigenvalue weighted by Crippen LogP contribution is 2.31. The van der Waals surface area contributed by atoms with Crippen LogP contribution in [0.15, 0.2) is 60.7 Å². The van der Waals surface area contributed by atoms with E-state index in [-0.39, 0.29) is 18.8 Å². The molecular weight excluding hydrogens is 352 g/mol. The minimum absolute atomic E-state index is 0.205. The van der Waals surface area contributed by atoms with Crippen LogP contribution in [0.1, 0.15) is 22.3 Å². The Morgan fingerprint density at radius 3 is 2.07 bits per heavy atom. The Morgan fingerprint density at radius 1 is 0.926 bits per heavy atom. The van der Waals surface area contributed by atoms with Crippen molar-refractivity contribution in [3.63, 3.8) is 0 Å². The number of carbonyl (C=O) groups excluding carboxylic acids is 2. The molecule has 0 aliphatic heterocycles. The molecule has 0 aliphatic rings. The number of hydrogen-bond acceptors (Lipinski definition) is 6. The summed E-state index contributed by atoms with van der Waals surface area (Å²) in [5.74, 6) is -3.01. The number of carboxylic acid groups (broad SMARTS) is 1. The molecule has 0 heterocycles. The second kappa shape index (κ2) is 9.61. The second-order valence-corrected chi connectivity index (χ2v) is 5.63. The van der Waals surface area contributed by atoms with E-state index >= 15 is 0 Å². The Labute approximate surface area is 156 Å². The van der Waals surface area contributed by atoms with Crippen LogP contribution < -0.4 is 0 Å². The van der Waals surface area contributed by atoms with Gasteiger partial charge in [0.25, 0.3) is 5.78 Å². The number of aliphatic hydroxyl groups is 1. The van der Waals surface area contributed by atoms with Crippen LogP contribution in [-0.2, 0) is 24.7 Å². The largest absolute Gasteiger partial charge is 0.481 e. The summed E-state index contributed by atoms with van der Waals surface area (Å²) in [6.07, 6.45) is -0.523. The van der Waals surface area contributed by atoms with Gasteiger partial charge in [-0.1, -0.05) is 60.7 Å². The summed E-state index contributed by atoms with van der Waals surface area (Å²) >= 11 is 0. The van der Waals surface area contributed by atoms with Crippen LogP contribution in [0.3, 0.4) is 0 Å². The van der Waals surface area contributed by atoms with Gasteiger partial charge in [0.15, 0.2) is 0 Å². The third-order valence-corrected chi connectivity index (χ3v) is 3.78. The molecule has 141 valence electrons. The van der Waals surface area contributed by atoms with Crippen molar-refractivity contribution in [2.75, 3.05) is 13.2 Å². The van der Waals surface area contributed by atoms with Gasteiger partial charge in [0.2, 0.25) is 0 Å². The zero-order chi connectivity index (χ0) is 19.7. The van der Waals surface area contributed by atoms with Gasteiger partial charge >= 0.3 is 11.9 Å². The lowest BCUT2D eigenvalue weighted by Crippen LogP contribution is -2.35. The summed E-state index contributed by atoms with van der Waals surface area (Å²) in [6, 6.07) is 16.3. The molecule has 0 saturated carbocycles. The fourth-order valence-electron chi connectivity index (χ4n) is 2.47. The Balaban J connectivity index is 1.96. The number of benzene rings is 2. The van der Waals surface area contributed by atoms with E-state index < -0.39 is 29.7 Å². The van der Waals surface area contributed by atoms with Gasteiger partial charge in [-0.05, 0) is 5.56 Å². The van der Waals surface area contributed by atoms with E-state index in [4.69, 9.17) is 14.6 Å². The van der Waals surface area contributed by atoms with E-state index in [1.54, 1.807) is 48.5 Å². The number of Topliss-reactive ketones (excluding diaryl/α,β-unsaturated/α-hetero) is 1. The average Bonchev–Trinajstić information content (AvgIpc) is 2.70. The molecule has 27 heavy (non-hydrogen) atoms. The van der Waals surface area contributed by atoms with Crippen molar-refractivity contribution in [3.8, 4) is 0 Å². The first-order valence-electron chi connectivity index (χ1n) is 8.15. The molecule has 1 radical (unpaired) electrons. The van der Waals surface area contributed by atoms with Gasteiger partial charge in [0.1, 0.15) is 18.8 Å². The smallest absolute Gasteiger partial charge is 0.379 e. The van der Waals surface area contributed by atoms with Crippen molar-refractivity contribution in [1.29, 1.82) is 0 Å². The molecule has 7 heteroatoms. The Morgan fingerprint density at radius 2 is 1.52 bits per heavy atom. The van der Waals surface area contributed by atoms with Crippen molar-refractivity contribution in [2.24, 2.45) is 0 Å². The SMILES string of the molecule is O=C(O)CC([CH]O)(OCCOC(=O)C(=O)c1ccccc1)c1ccccc1. The molecule has 2 aromatic rings. The number of aliphatic hydroxyl groups excluding tert-OH is 1. The third-order valence-electron chi connectivity index (χ3n) is 3.78. The van der Waals surface area contributed by atoms with Gasteiger partial charge in [0.05, 0.1) is 13.0 Å². The summed E-state index contributed by atoms with van der Waals surface area (Å²) < 4.78 is 10.4. The lowest BCUT2D eigenvalue weighted by Gasteiger charge is -2.30. The van der Waals surface area contributed by atoms with E-state index in [0.717, 1.165) is 0 Å². The molecule has 0 aromatic heterocycles. The number of carbonyl (C=O) groups is 3. The van der Waals surface area contributed by atoms with Gasteiger partial charge in [-0.3, -0.25) is 9.59 Å². The average molecular weight is 371 g/mol. The van der Waals surface area contributed by atoms with Crippen LogP contribution in [0, 0.1) is 6.61 Å². The highest BCUT2D eigenvalue weighted by molar-refractivity contribution is 6.40. The molecule has 0 bridgehead atoms. The predicted molar refractivity (Wildman–Crippen MR) is 94.3 cm³/mol. The van der Waals surface area contributed by atoms with Crippen molar-refractivity contribution in [2.45, 2.75) is 12.0 Å². The fourth-order valence-corrected chi connectivity index (χ4v) is 2.47. The Hall–Kier alpha value is -3.03. The number of hydrogen-bond donors (Lipinski definition) is 2. The molecule has 0 amide bonds. The van der Waals surface area contributed by atoms with Crippen LogP contribution in [0.2, 0.25) is 0 Å². The number of rotatable bonds is 10. The molecule has 1 unspecified atom stereocenters. The van der Waals surface area contributed by atoms with Gasteiger partial charge in [-0.15, -0.1) is 0 Å². The Kier molecular flexibility index (Phi) is 7.22. The fraction of sp³-hybridized carbons (Fsp3) is 0.200.